The number of ether oxygens (including phenoxy) is 1. The van der Waals surface area contributed by atoms with Crippen molar-refractivity contribution in [2.45, 2.75) is 24.1 Å². The zero-order valence-electron chi connectivity index (χ0n) is 16.3. The first-order chi connectivity index (χ1) is 14.7. The maximum atomic E-state index is 12.4. The van der Waals surface area contributed by atoms with Crippen LogP contribution in [-0.4, -0.2) is 39.4 Å². The minimum absolute atomic E-state index is 0.120. The molecule has 1 aromatic heterocycles. The molecule has 1 saturated heterocycles. The summed E-state index contributed by atoms with van der Waals surface area (Å²) in [6.07, 6.45) is -3.33. The molecule has 2 aromatic carbocycles. The number of nitrogens with one attached hydrogen (secondary N) is 1. The molecule has 7 nitrogen and oxygen atoms in total. The van der Waals surface area contributed by atoms with Crippen molar-refractivity contribution in [1.82, 2.24) is 9.71 Å². The molecule has 31 heavy (non-hydrogen) atoms. The second kappa shape index (κ2) is 8.39. The van der Waals surface area contributed by atoms with Crippen LogP contribution in [0.5, 0.6) is 5.75 Å². The third-order valence-corrected chi connectivity index (χ3v) is 6.54. The van der Waals surface area contributed by atoms with Crippen molar-refractivity contribution in [2.24, 2.45) is 5.92 Å². The average Bonchev–Trinajstić information content (AvgIpc) is 3.16. The van der Waals surface area contributed by atoms with Crippen LogP contribution >= 0.6 is 0 Å². The molecule has 0 unspecified atom stereocenters. The fourth-order valence-electron chi connectivity index (χ4n) is 3.46. The van der Waals surface area contributed by atoms with E-state index in [1.807, 2.05) is 29.2 Å². The molecule has 1 aliphatic heterocycles. The summed E-state index contributed by atoms with van der Waals surface area (Å²) >= 11 is 0. The van der Waals surface area contributed by atoms with E-state index in [-0.39, 0.29) is 17.4 Å². The van der Waals surface area contributed by atoms with Gasteiger partial charge in [-0.3, -0.25) is 0 Å². The summed E-state index contributed by atoms with van der Waals surface area (Å²) in [7, 11) is -3.83. The Balaban J connectivity index is 1.30. The van der Waals surface area contributed by atoms with Gasteiger partial charge in [0.2, 0.25) is 10.0 Å². The molecular formula is C20H20F3N3O4S. The summed E-state index contributed by atoms with van der Waals surface area (Å²) in [5.74, 6) is -0.346. The van der Waals surface area contributed by atoms with Gasteiger partial charge in [0.25, 0.3) is 6.01 Å². The highest BCUT2D eigenvalue weighted by Crippen LogP contribution is 2.27. The lowest BCUT2D eigenvalue weighted by molar-refractivity contribution is -0.274. The number of oxazole rings is 1. The van der Waals surface area contributed by atoms with Crippen molar-refractivity contribution in [2.75, 3.05) is 24.5 Å². The van der Waals surface area contributed by atoms with E-state index in [0.717, 1.165) is 48.2 Å². The number of halogens is 3. The van der Waals surface area contributed by atoms with E-state index in [9.17, 15) is 21.6 Å². The molecule has 3 aromatic rings. The number of sulfonamides is 1. The third kappa shape index (κ3) is 5.28. The second-order valence-corrected chi connectivity index (χ2v) is 9.03. The van der Waals surface area contributed by atoms with Crippen LogP contribution in [0, 0.1) is 5.92 Å². The van der Waals surface area contributed by atoms with Gasteiger partial charge in [-0.25, -0.2) is 13.1 Å². The highest BCUT2D eigenvalue weighted by atomic mass is 32.2. The summed E-state index contributed by atoms with van der Waals surface area (Å²) < 4.78 is 73.6. The van der Waals surface area contributed by atoms with Gasteiger partial charge >= 0.3 is 6.36 Å². The lowest BCUT2D eigenvalue weighted by Gasteiger charge is -2.30. The van der Waals surface area contributed by atoms with Gasteiger partial charge in [0, 0.05) is 19.6 Å². The van der Waals surface area contributed by atoms with E-state index < -0.39 is 22.1 Å². The number of rotatable bonds is 6. The van der Waals surface area contributed by atoms with E-state index in [0.29, 0.717) is 19.1 Å². The van der Waals surface area contributed by atoms with E-state index in [1.54, 1.807) is 0 Å². The molecule has 0 bridgehead atoms. The van der Waals surface area contributed by atoms with Crippen LogP contribution in [0.4, 0.5) is 19.2 Å². The van der Waals surface area contributed by atoms with Crippen molar-refractivity contribution in [3.8, 4) is 5.75 Å². The normalized spacial score (nSPS) is 16.0. The topological polar surface area (TPSA) is 84.7 Å². The van der Waals surface area contributed by atoms with Crippen molar-refractivity contribution >= 4 is 27.1 Å². The number of alkyl halides is 3. The molecule has 4 rings (SSSR count). The van der Waals surface area contributed by atoms with Gasteiger partial charge in [-0.05, 0) is 55.2 Å². The number of hydrogen-bond donors (Lipinski definition) is 1. The fourth-order valence-corrected chi connectivity index (χ4v) is 4.57. The largest absolute Gasteiger partial charge is 0.573 e. The lowest BCUT2D eigenvalue weighted by Crippen LogP contribution is -2.38. The Morgan fingerprint density at radius 2 is 1.77 bits per heavy atom. The third-order valence-electron chi connectivity index (χ3n) is 5.10. The molecule has 1 N–H and O–H groups in total. The van der Waals surface area contributed by atoms with Gasteiger partial charge in [-0.15, -0.1) is 13.2 Å². The summed E-state index contributed by atoms with van der Waals surface area (Å²) in [5, 5.41) is 0. The van der Waals surface area contributed by atoms with Gasteiger partial charge in [0.15, 0.2) is 5.58 Å². The second-order valence-electron chi connectivity index (χ2n) is 7.27. The van der Waals surface area contributed by atoms with Crippen molar-refractivity contribution in [1.29, 1.82) is 0 Å². The van der Waals surface area contributed by atoms with Crippen molar-refractivity contribution in [3.05, 3.63) is 48.5 Å². The number of piperidine rings is 1. The Morgan fingerprint density at radius 3 is 2.42 bits per heavy atom. The minimum atomic E-state index is -4.83. The highest BCUT2D eigenvalue weighted by molar-refractivity contribution is 7.89. The molecular weight excluding hydrogens is 435 g/mol. The Bertz CT molecular complexity index is 1110. The van der Waals surface area contributed by atoms with Crippen molar-refractivity contribution < 1.29 is 30.7 Å². The number of anilines is 1. The SMILES string of the molecule is O=S(=O)(NCC1CCN(c2nc3ccccc3o2)CC1)c1ccc(OC(F)(F)F)cc1. The number of fused-ring (bicyclic) bond motifs is 1. The molecule has 0 radical (unpaired) electrons. The van der Waals surface area contributed by atoms with E-state index in [4.69, 9.17) is 4.42 Å². The van der Waals surface area contributed by atoms with E-state index in [2.05, 4.69) is 14.4 Å². The van der Waals surface area contributed by atoms with Crippen LogP contribution in [0.3, 0.4) is 0 Å². The molecule has 0 amide bonds. The summed E-state index contributed by atoms with van der Waals surface area (Å²) in [6, 6.07) is 12.2. The molecule has 1 fully saturated rings. The number of hydrogen-bond acceptors (Lipinski definition) is 6. The number of para-hydroxylation sites is 2. The smallest absolute Gasteiger partial charge is 0.423 e. The minimum Gasteiger partial charge on any atom is -0.423 e. The number of aromatic nitrogens is 1. The first kappa shape index (κ1) is 21.4. The molecule has 0 aliphatic carbocycles. The molecule has 166 valence electrons. The van der Waals surface area contributed by atoms with Gasteiger partial charge in [-0.1, -0.05) is 12.1 Å². The summed E-state index contributed by atoms with van der Waals surface area (Å²) in [4.78, 5) is 6.40. The maximum Gasteiger partial charge on any atom is 0.573 e. The van der Waals surface area contributed by atoms with Crippen LogP contribution in [0.2, 0.25) is 0 Å². The van der Waals surface area contributed by atoms with Crippen LogP contribution in [0.1, 0.15) is 12.8 Å². The predicted molar refractivity (Wildman–Crippen MR) is 107 cm³/mol. The zero-order chi connectivity index (χ0) is 22.1. The molecule has 0 saturated carbocycles. The Morgan fingerprint density at radius 1 is 1.10 bits per heavy atom. The highest BCUT2D eigenvalue weighted by Gasteiger charge is 2.31. The molecule has 0 spiro atoms. The van der Waals surface area contributed by atoms with Gasteiger partial charge in [0.05, 0.1) is 4.90 Å². The molecule has 11 heteroatoms. The number of benzene rings is 2. The van der Waals surface area contributed by atoms with Gasteiger partial charge in [-0.2, -0.15) is 4.98 Å². The van der Waals surface area contributed by atoms with Crippen molar-refractivity contribution in [3.63, 3.8) is 0 Å². The quantitative estimate of drug-likeness (QED) is 0.607. The Kier molecular flexibility index (Phi) is 5.80. The Labute approximate surface area is 176 Å². The fraction of sp³-hybridized carbons (Fsp3) is 0.350. The maximum absolute atomic E-state index is 12.4. The first-order valence-electron chi connectivity index (χ1n) is 9.66. The van der Waals surface area contributed by atoms with Crippen LogP contribution in [0.25, 0.3) is 11.1 Å². The summed E-state index contributed by atoms with van der Waals surface area (Å²) in [5.41, 5.74) is 1.51. The number of nitrogens with zero attached hydrogens (tertiary/aromatic N) is 2. The lowest BCUT2D eigenvalue weighted by atomic mass is 9.97. The first-order valence-corrected chi connectivity index (χ1v) is 11.1. The monoisotopic (exact) mass is 455 g/mol. The average molecular weight is 455 g/mol. The Hall–Kier alpha value is -2.79. The van der Waals surface area contributed by atoms with Crippen LogP contribution in [0.15, 0.2) is 57.8 Å². The zero-order valence-corrected chi connectivity index (χ0v) is 17.1. The molecule has 2 heterocycles. The summed E-state index contributed by atoms with van der Waals surface area (Å²) in [6.45, 7) is 1.61. The van der Waals surface area contributed by atoms with Crippen LogP contribution < -0.4 is 14.4 Å². The van der Waals surface area contributed by atoms with Gasteiger partial charge < -0.3 is 14.1 Å². The predicted octanol–water partition coefficient (Wildman–Crippen LogP) is 3.92. The van der Waals surface area contributed by atoms with Gasteiger partial charge in [0.1, 0.15) is 11.3 Å². The molecule has 0 atom stereocenters. The van der Waals surface area contributed by atoms with E-state index >= 15 is 0 Å². The van der Waals surface area contributed by atoms with E-state index in [1.165, 1.54) is 0 Å². The molecule has 1 aliphatic rings. The van der Waals surface area contributed by atoms with Crippen LogP contribution in [-0.2, 0) is 10.0 Å². The standard InChI is InChI=1S/C20H20F3N3O4S/c21-20(22,23)30-15-5-7-16(8-6-15)31(27,28)24-13-14-9-11-26(12-10-14)19-25-17-3-1-2-4-18(17)29-19/h1-8,14,24H,9-13H2.